The first-order valence-electron chi connectivity index (χ1n) is 5.84. The molecule has 1 aromatic rings. The van der Waals surface area contributed by atoms with Crippen LogP contribution in [0.3, 0.4) is 0 Å². The summed E-state index contributed by atoms with van der Waals surface area (Å²) in [6.45, 7) is 3.90. The third kappa shape index (κ3) is 2.60. The van der Waals surface area contributed by atoms with Crippen LogP contribution in [0.1, 0.15) is 18.9 Å². The second-order valence-electron chi connectivity index (χ2n) is 4.69. The maximum Gasteiger partial charge on any atom is 0.127 e. The monoisotopic (exact) mass is 222 g/mol. The van der Waals surface area contributed by atoms with E-state index in [9.17, 15) is 4.39 Å². The van der Waals surface area contributed by atoms with E-state index < -0.39 is 0 Å². The van der Waals surface area contributed by atoms with Gasteiger partial charge in [-0.2, -0.15) is 0 Å². The standard InChI is InChI=1S/C13H19FN2/c1-10-7-12(9-16(10)2)15-8-11-5-3-4-6-13(11)14/h3-6,10,12,15H,7-9H2,1-2H3. The quantitative estimate of drug-likeness (QED) is 0.841. The molecule has 1 aromatic carbocycles. The smallest absolute Gasteiger partial charge is 0.127 e. The Balaban J connectivity index is 1.87. The van der Waals surface area contributed by atoms with Crippen molar-refractivity contribution in [2.24, 2.45) is 0 Å². The molecule has 0 aliphatic carbocycles. The Morgan fingerprint density at radius 2 is 2.19 bits per heavy atom. The number of hydrogen-bond acceptors (Lipinski definition) is 2. The lowest BCUT2D eigenvalue weighted by Crippen LogP contribution is -2.31. The summed E-state index contributed by atoms with van der Waals surface area (Å²) < 4.78 is 13.4. The van der Waals surface area contributed by atoms with Gasteiger partial charge in [0.25, 0.3) is 0 Å². The normalized spacial score (nSPS) is 26.2. The van der Waals surface area contributed by atoms with Gasteiger partial charge in [0.15, 0.2) is 0 Å². The van der Waals surface area contributed by atoms with Crippen molar-refractivity contribution in [3.05, 3.63) is 35.6 Å². The number of halogens is 1. The Kier molecular flexibility index (Phi) is 3.56. The topological polar surface area (TPSA) is 15.3 Å². The summed E-state index contributed by atoms with van der Waals surface area (Å²) in [7, 11) is 2.13. The van der Waals surface area contributed by atoms with E-state index in [0.717, 1.165) is 18.5 Å². The van der Waals surface area contributed by atoms with Gasteiger partial charge in [-0.1, -0.05) is 18.2 Å². The molecule has 0 spiro atoms. The number of likely N-dealkylation sites (N-methyl/N-ethyl adjacent to an activating group) is 1. The highest BCUT2D eigenvalue weighted by atomic mass is 19.1. The van der Waals surface area contributed by atoms with E-state index in [-0.39, 0.29) is 5.82 Å². The Labute approximate surface area is 96.5 Å². The average molecular weight is 222 g/mol. The third-order valence-corrected chi connectivity index (χ3v) is 3.43. The maximum atomic E-state index is 13.4. The van der Waals surface area contributed by atoms with Crippen LogP contribution in [0, 0.1) is 5.82 Å². The van der Waals surface area contributed by atoms with Crippen LogP contribution in [0.15, 0.2) is 24.3 Å². The van der Waals surface area contributed by atoms with Crippen LogP contribution in [0.25, 0.3) is 0 Å². The van der Waals surface area contributed by atoms with Gasteiger partial charge in [-0.3, -0.25) is 0 Å². The third-order valence-electron chi connectivity index (χ3n) is 3.43. The molecule has 0 radical (unpaired) electrons. The second kappa shape index (κ2) is 4.93. The van der Waals surface area contributed by atoms with Crippen molar-refractivity contribution >= 4 is 0 Å². The van der Waals surface area contributed by atoms with E-state index in [1.54, 1.807) is 6.07 Å². The van der Waals surface area contributed by atoms with E-state index in [4.69, 9.17) is 0 Å². The van der Waals surface area contributed by atoms with Gasteiger partial charge in [-0.25, -0.2) is 4.39 Å². The molecule has 3 heteroatoms. The molecule has 2 atom stereocenters. The number of likely N-dealkylation sites (tertiary alicyclic amines) is 1. The number of rotatable bonds is 3. The lowest BCUT2D eigenvalue weighted by molar-refractivity contribution is 0.326. The van der Waals surface area contributed by atoms with Crippen LogP contribution >= 0.6 is 0 Å². The predicted molar refractivity (Wildman–Crippen MR) is 63.7 cm³/mol. The van der Waals surface area contributed by atoms with Crippen LogP contribution < -0.4 is 5.32 Å². The van der Waals surface area contributed by atoms with Crippen LogP contribution in [-0.4, -0.2) is 30.6 Å². The molecule has 0 aromatic heterocycles. The van der Waals surface area contributed by atoms with E-state index >= 15 is 0 Å². The Morgan fingerprint density at radius 3 is 2.81 bits per heavy atom. The van der Waals surface area contributed by atoms with Gasteiger partial charge < -0.3 is 10.2 Å². The highest BCUT2D eigenvalue weighted by molar-refractivity contribution is 5.17. The zero-order valence-corrected chi connectivity index (χ0v) is 9.91. The van der Waals surface area contributed by atoms with Gasteiger partial charge in [-0.15, -0.1) is 0 Å². The molecule has 88 valence electrons. The van der Waals surface area contributed by atoms with Crippen molar-refractivity contribution in [3.8, 4) is 0 Å². The zero-order chi connectivity index (χ0) is 11.5. The largest absolute Gasteiger partial charge is 0.308 e. The molecule has 1 fully saturated rings. The summed E-state index contributed by atoms with van der Waals surface area (Å²) in [5, 5.41) is 3.42. The van der Waals surface area contributed by atoms with Gasteiger partial charge in [0.1, 0.15) is 5.82 Å². The molecule has 2 unspecified atom stereocenters. The SMILES string of the molecule is CC1CC(NCc2ccccc2F)CN1C. The lowest BCUT2D eigenvalue weighted by Gasteiger charge is -2.13. The Hall–Kier alpha value is -0.930. The molecule has 0 saturated carbocycles. The summed E-state index contributed by atoms with van der Waals surface area (Å²) in [4.78, 5) is 2.33. The molecule has 16 heavy (non-hydrogen) atoms. The van der Waals surface area contributed by atoms with Gasteiger partial charge in [0, 0.05) is 30.7 Å². The fourth-order valence-electron chi connectivity index (χ4n) is 2.24. The Morgan fingerprint density at radius 1 is 1.44 bits per heavy atom. The lowest BCUT2D eigenvalue weighted by atomic mass is 10.1. The van der Waals surface area contributed by atoms with E-state index in [0.29, 0.717) is 18.6 Å². The van der Waals surface area contributed by atoms with Crippen molar-refractivity contribution < 1.29 is 4.39 Å². The van der Waals surface area contributed by atoms with Gasteiger partial charge in [-0.05, 0) is 26.5 Å². The molecular weight excluding hydrogens is 203 g/mol. The molecule has 2 nitrogen and oxygen atoms in total. The Bertz CT molecular complexity index is 344. The summed E-state index contributed by atoms with van der Waals surface area (Å²) in [5.41, 5.74) is 0.754. The molecule has 1 N–H and O–H groups in total. The molecular formula is C13H19FN2. The fourth-order valence-corrected chi connectivity index (χ4v) is 2.24. The minimum atomic E-state index is -0.116. The van der Waals surface area contributed by atoms with Crippen molar-refractivity contribution in [3.63, 3.8) is 0 Å². The zero-order valence-electron chi connectivity index (χ0n) is 9.91. The molecule has 1 saturated heterocycles. The minimum absolute atomic E-state index is 0.116. The molecule has 2 rings (SSSR count). The molecule has 1 aliphatic rings. The molecule has 1 aliphatic heterocycles. The average Bonchev–Trinajstić information content (AvgIpc) is 2.57. The number of nitrogens with zero attached hydrogens (tertiary/aromatic N) is 1. The van der Waals surface area contributed by atoms with Gasteiger partial charge in [0.2, 0.25) is 0 Å². The van der Waals surface area contributed by atoms with E-state index in [1.807, 2.05) is 12.1 Å². The first-order chi connectivity index (χ1) is 7.66. The minimum Gasteiger partial charge on any atom is -0.308 e. The number of hydrogen-bond donors (Lipinski definition) is 1. The first kappa shape index (κ1) is 11.6. The second-order valence-corrected chi connectivity index (χ2v) is 4.69. The maximum absolute atomic E-state index is 13.4. The highest BCUT2D eigenvalue weighted by Crippen LogP contribution is 2.15. The molecule has 0 amide bonds. The van der Waals surface area contributed by atoms with E-state index in [2.05, 4.69) is 24.2 Å². The first-order valence-corrected chi connectivity index (χ1v) is 5.84. The van der Waals surface area contributed by atoms with Crippen molar-refractivity contribution in [1.82, 2.24) is 10.2 Å². The van der Waals surface area contributed by atoms with Crippen molar-refractivity contribution in [2.75, 3.05) is 13.6 Å². The van der Waals surface area contributed by atoms with Crippen LogP contribution in [0.5, 0.6) is 0 Å². The predicted octanol–water partition coefficient (Wildman–Crippen LogP) is 2.01. The van der Waals surface area contributed by atoms with Crippen LogP contribution in [0.4, 0.5) is 4.39 Å². The van der Waals surface area contributed by atoms with Crippen molar-refractivity contribution in [2.45, 2.75) is 32.0 Å². The summed E-state index contributed by atoms with van der Waals surface area (Å²) in [5.74, 6) is -0.116. The van der Waals surface area contributed by atoms with Crippen LogP contribution in [0.2, 0.25) is 0 Å². The highest BCUT2D eigenvalue weighted by Gasteiger charge is 2.25. The summed E-state index contributed by atoms with van der Waals surface area (Å²) >= 11 is 0. The van der Waals surface area contributed by atoms with Gasteiger partial charge in [0.05, 0.1) is 0 Å². The summed E-state index contributed by atoms with van der Waals surface area (Å²) in [6, 6.07) is 8.07. The number of nitrogens with one attached hydrogen (secondary N) is 1. The number of benzene rings is 1. The molecule has 1 heterocycles. The fraction of sp³-hybridized carbons (Fsp3) is 0.538. The van der Waals surface area contributed by atoms with Crippen molar-refractivity contribution in [1.29, 1.82) is 0 Å². The summed E-state index contributed by atoms with van der Waals surface area (Å²) in [6.07, 6.45) is 1.14. The van der Waals surface area contributed by atoms with Gasteiger partial charge >= 0.3 is 0 Å². The molecule has 0 bridgehead atoms. The van der Waals surface area contributed by atoms with Crippen LogP contribution in [-0.2, 0) is 6.54 Å². The van der Waals surface area contributed by atoms with E-state index in [1.165, 1.54) is 6.07 Å².